The van der Waals surface area contributed by atoms with Gasteiger partial charge in [-0.1, -0.05) is 0 Å². The Balaban J connectivity index is 1.57. The molecule has 0 aliphatic carbocycles. The molecule has 0 spiro atoms. The van der Waals surface area contributed by atoms with Crippen LogP contribution in [0.25, 0.3) is 0 Å². The van der Waals surface area contributed by atoms with Gasteiger partial charge in [-0.3, -0.25) is 0 Å². The van der Waals surface area contributed by atoms with Crippen LogP contribution >= 0.6 is 0 Å². The second kappa shape index (κ2) is 9.93. The zero-order valence-corrected chi connectivity index (χ0v) is 15.7. The number of hydrogen-bond acceptors (Lipinski definition) is 14. The standard InChI is InChI=1S/C16H28O14/c17-1-4-7(19)11(23)15(28-4)26-3-6-8(20)12(24)16(29-6)30-13-5(2-18)27-14(25)10(22)9(13)21/h4-25H,1-3H2/t4-,5+,6-,7-,8-,9+,10+,11+,12+,13+,14+,15+,16-/m0/s1. The molecule has 176 valence electrons. The Kier molecular flexibility index (Phi) is 7.97. The molecule has 0 amide bonds. The molecule has 13 atom stereocenters. The fourth-order valence-electron chi connectivity index (χ4n) is 3.55. The van der Waals surface area contributed by atoms with Crippen molar-refractivity contribution >= 4 is 0 Å². The zero-order valence-electron chi connectivity index (χ0n) is 15.7. The Morgan fingerprint density at radius 1 is 0.567 bits per heavy atom. The summed E-state index contributed by atoms with van der Waals surface area (Å²) in [6, 6.07) is 0. The van der Waals surface area contributed by atoms with Gasteiger partial charge in [-0.15, -0.1) is 0 Å². The number of aliphatic hydroxyl groups is 9. The third-order valence-electron chi connectivity index (χ3n) is 5.37. The molecule has 0 unspecified atom stereocenters. The van der Waals surface area contributed by atoms with Crippen molar-refractivity contribution in [2.45, 2.75) is 79.9 Å². The van der Waals surface area contributed by atoms with Gasteiger partial charge in [-0.25, -0.2) is 0 Å². The fraction of sp³-hybridized carbons (Fsp3) is 1.00. The lowest BCUT2D eigenvalue weighted by Crippen LogP contribution is -2.60. The van der Waals surface area contributed by atoms with Crippen LogP contribution in [0.3, 0.4) is 0 Å². The summed E-state index contributed by atoms with van der Waals surface area (Å²) in [6.07, 6.45) is -18.8. The smallest absolute Gasteiger partial charge is 0.187 e. The van der Waals surface area contributed by atoms with Crippen molar-refractivity contribution in [2.75, 3.05) is 19.8 Å². The maximum absolute atomic E-state index is 10.2. The van der Waals surface area contributed by atoms with E-state index in [2.05, 4.69) is 0 Å². The third kappa shape index (κ3) is 4.62. The molecule has 3 aliphatic rings. The summed E-state index contributed by atoms with van der Waals surface area (Å²) < 4.78 is 26.1. The van der Waals surface area contributed by atoms with Crippen molar-refractivity contribution in [2.24, 2.45) is 0 Å². The highest BCUT2D eigenvalue weighted by Crippen LogP contribution is 2.30. The number of hydrogen-bond donors (Lipinski definition) is 9. The van der Waals surface area contributed by atoms with Gasteiger partial charge in [0, 0.05) is 0 Å². The molecular weight excluding hydrogens is 416 g/mol. The Hall–Kier alpha value is -0.560. The second-order valence-corrected chi connectivity index (χ2v) is 7.39. The van der Waals surface area contributed by atoms with E-state index < -0.39 is 99.7 Å². The van der Waals surface area contributed by atoms with Gasteiger partial charge in [0.15, 0.2) is 18.9 Å². The first-order chi connectivity index (χ1) is 14.2. The summed E-state index contributed by atoms with van der Waals surface area (Å²) in [4.78, 5) is 0. The molecule has 0 aromatic carbocycles. The Morgan fingerprint density at radius 2 is 1.13 bits per heavy atom. The van der Waals surface area contributed by atoms with E-state index >= 15 is 0 Å². The summed E-state index contributed by atoms with van der Waals surface area (Å²) in [6.45, 7) is -1.64. The monoisotopic (exact) mass is 444 g/mol. The van der Waals surface area contributed by atoms with Gasteiger partial charge in [-0.2, -0.15) is 0 Å². The van der Waals surface area contributed by atoms with E-state index in [1.165, 1.54) is 0 Å². The summed E-state index contributed by atoms with van der Waals surface area (Å²) in [7, 11) is 0. The molecule has 14 nitrogen and oxygen atoms in total. The Bertz CT molecular complexity index is 550. The molecule has 3 fully saturated rings. The van der Waals surface area contributed by atoms with Gasteiger partial charge in [0.1, 0.15) is 61.0 Å². The van der Waals surface area contributed by atoms with E-state index in [9.17, 15) is 40.9 Å². The maximum atomic E-state index is 10.2. The third-order valence-corrected chi connectivity index (χ3v) is 5.37. The lowest BCUT2D eigenvalue weighted by atomic mass is 9.99. The minimum atomic E-state index is -1.76. The molecule has 0 radical (unpaired) electrons. The van der Waals surface area contributed by atoms with Crippen molar-refractivity contribution in [3.05, 3.63) is 0 Å². The molecule has 0 aromatic rings. The van der Waals surface area contributed by atoms with Gasteiger partial charge in [0.2, 0.25) is 0 Å². The molecule has 3 rings (SSSR count). The van der Waals surface area contributed by atoms with Crippen LogP contribution in [-0.4, -0.2) is 146 Å². The highest BCUT2D eigenvalue weighted by atomic mass is 16.7. The first kappa shape index (κ1) is 24.1. The number of aliphatic hydroxyl groups excluding tert-OH is 9. The summed E-state index contributed by atoms with van der Waals surface area (Å²) in [5, 5.41) is 87.7. The highest BCUT2D eigenvalue weighted by molar-refractivity contribution is 4.93. The highest BCUT2D eigenvalue weighted by Gasteiger charge is 2.51. The van der Waals surface area contributed by atoms with E-state index in [1.54, 1.807) is 0 Å². The number of ether oxygens (including phenoxy) is 5. The summed E-state index contributed by atoms with van der Waals surface area (Å²) in [5.74, 6) is 0. The molecule has 0 aromatic heterocycles. The van der Waals surface area contributed by atoms with Crippen LogP contribution in [-0.2, 0) is 23.7 Å². The summed E-state index contributed by atoms with van der Waals surface area (Å²) >= 11 is 0. The van der Waals surface area contributed by atoms with Crippen LogP contribution in [0.15, 0.2) is 0 Å². The lowest BCUT2D eigenvalue weighted by Gasteiger charge is -2.41. The maximum Gasteiger partial charge on any atom is 0.187 e. The fourth-order valence-corrected chi connectivity index (χ4v) is 3.55. The average Bonchev–Trinajstić information content (AvgIpc) is 3.16. The van der Waals surface area contributed by atoms with E-state index in [1.807, 2.05) is 0 Å². The van der Waals surface area contributed by atoms with Crippen molar-refractivity contribution in [1.82, 2.24) is 0 Å². The SMILES string of the molecule is OC[C@@H]1O[C@@H](OC[C@@H]2O[C@@H](O[C@H]3[C@H](O)[C@@H](O)[C@H](O)O[C@@H]3CO)[C@H](O)[C@H]2O)[C@H](O)[C@H]1O. The second-order valence-electron chi connectivity index (χ2n) is 7.39. The van der Waals surface area contributed by atoms with Crippen LogP contribution in [0.5, 0.6) is 0 Å². The van der Waals surface area contributed by atoms with E-state index in [4.69, 9.17) is 28.8 Å². The van der Waals surface area contributed by atoms with Gasteiger partial charge < -0.3 is 69.6 Å². The quantitative estimate of drug-likeness (QED) is 0.178. The van der Waals surface area contributed by atoms with Crippen LogP contribution < -0.4 is 0 Å². The van der Waals surface area contributed by atoms with Crippen molar-refractivity contribution in [3.8, 4) is 0 Å². The van der Waals surface area contributed by atoms with Gasteiger partial charge in [0.25, 0.3) is 0 Å². The van der Waals surface area contributed by atoms with E-state index in [-0.39, 0.29) is 0 Å². The molecule has 3 saturated heterocycles. The molecule has 14 heteroatoms. The summed E-state index contributed by atoms with van der Waals surface area (Å²) in [5.41, 5.74) is 0. The van der Waals surface area contributed by atoms with E-state index in [0.29, 0.717) is 0 Å². The van der Waals surface area contributed by atoms with Crippen LogP contribution in [0.4, 0.5) is 0 Å². The van der Waals surface area contributed by atoms with Crippen molar-refractivity contribution < 1.29 is 69.6 Å². The molecule has 30 heavy (non-hydrogen) atoms. The first-order valence-electron chi connectivity index (χ1n) is 9.41. The molecule has 3 aliphatic heterocycles. The Morgan fingerprint density at radius 3 is 1.73 bits per heavy atom. The largest absolute Gasteiger partial charge is 0.394 e. The lowest BCUT2D eigenvalue weighted by molar-refractivity contribution is -0.321. The van der Waals surface area contributed by atoms with Gasteiger partial charge in [0.05, 0.1) is 19.8 Å². The molecule has 3 heterocycles. The van der Waals surface area contributed by atoms with Crippen LogP contribution in [0, 0.1) is 0 Å². The topological polar surface area (TPSA) is 228 Å². The molecular formula is C16H28O14. The molecule has 0 bridgehead atoms. The van der Waals surface area contributed by atoms with Gasteiger partial charge >= 0.3 is 0 Å². The van der Waals surface area contributed by atoms with Crippen molar-refractivity contribution in [1.29, 1.82) is 0 Å². The molecule has 0 saturated carbocycles. The minimum absolute atomic E-state index is 0.404. The minimum Gasteiger partial charge on any atom is -0.394 e. The Labute approximate surface area is 170 Å². The normalized spacial score (nSPS) is 52.1. The molecule has 9 N–H and O–H groups in total. The average molecular weight is 444 g/mol. The van der Waals surface area contributed by atoms with E-state index in [0.717, 1.165) is 0 Å². The predicted molar refractivity (Wildman–Crippen MR) is 89.2 cm³/mol. The van der Waals surface area contributed by atoms with Crippen molar-refractivity contribution in [3.63, 3.8) is 0 Å². The predicted octanol–water partition coefficient (Wildman–Crippen LogP) is -6.29. The first-order valence-corrected chi connectivity index (χ1v) is 9.41. The zero-order chi connectivity index (χ0) is 22.2. The van der Waals surface area contributed by atoms with Crippen LogP contribution in [0.2, 0.25) is 0 Å². The van der Waals surface area contributed by atoms with Gasteiger partial charge in [-0.05, 0) is 0 Å². The van der Waals surface area contributed by atoms with Crippen LogP contribution in [0.1, 0.15) is 0 Å². The number of rotatable bonds is 7.